The van der Waals surface area contributed by atoms with Crippen LogP contribution in [-0.2, 0) is 6.42 Å². The van der Waals surface area contributed by atoms with Gasteiger partial charge in [0.05, 0.1) is 0 Å². The molecule has 1 aliphatic heterocycles. The molecule has 0 aliphatic carbocycles. The van der Waals surface area contributed by atoms with Gasteiger partial charge in [0.2, 0.25) is 0 Å². The van der Waals surface area contributed by atoms with Crippen LogP contribution in [0, 0.1) is 12.0 Å². The first-order chi connectivity index (χ1) is 17.5. The Morgan fingerprint density at radius 1 is 0.722 bits per heavy atom. The van der Waals surface area contributed by atoms with Crippen molar-refractivity contribution in [3.63, 3.8) is 0 Å². The molecule has 0 saturated carbocycles. The second kappa shape index (κ2) is 16.1. The number of ether oxygens (including phenoxy) is 1. The lowest BCUT2D eigenvalue weighted by molar-refractivity contribution is 0.238. The lowest BCUT2D eigenvalue weighted by Crippen LogP contribution is -2.30. The van der Waals surface area contributed by atoms with Gasteiger partial charge in [-0.3, -0.25) is 4.90 Å². The summed E-state index contributed by atoms with van der Waals surface area (Å²) in [5, 5.41) is 0. The van der Waals surface area contributed by atoms with Crippen LogP contribution in [-0.4, -0.2) is 17.5 Å². The summed E-state index contributed by atoms with van der Waals surface area (Å²) in [6, 6.07) is 19.3. The molecule has 1 unspecified atom stereocenters. The Labute approximate surface area is 222 Å². The van der Waals surface area contributed by atoms with E-state index in [-0.39, 0.29) is 0 Å². The summed E-state index contributed by atoms with van der Waals surface area (Å²) in [5.41, 5.74) is 1.81. The Hall–Kier alpha value is -1.80. The van der Waals surface area contributed by atoms with Crippen molar-refractivity contribution in [2.75, 3.05) is 6.54 Å². The van der Waals surface area contributed by atoms with Gasteiger partial charge in [-0.15, -0.1) is 0 Å². The quantitative estimate of drug-likeness (QED) is 0.193. The number of nitrogens with zero attached hydrogens (tertiary/aromatic N) is 1. The summed E-state index contributed by atoms with van der Waals surface area (Å²) in [6.07, 6.45) is 20.4. The zero-order chi connectivity index (χ0) is 25.5. The molecule has 1 atom stereocenters. The van der Waals surface area contributed by atoms with Crippen molar-refractivity contribution in [3.05, 3.63) is 66.7 Å². The molecule has 199 valence electrons. The van der Waals surface area contributed by atoms with E-state index in [4.69, 9.17) is 4.74 Å². The smallest absolute Gasteiger partial charge is 0.130 e. The van der Waals surface area contributed by atoms with Crippen LogP contribution in [0.1, 0.15) is 116 Å². The SMILES string of the molecule is CC(CCCCCCCCCCCCCCc1ccccc1Oc1ccccc1)N1[CH]CC(C)(C)C1. The molecule has 36 heavy (non-hydrogen) atoms. The second-order valence-corrected chi connectivity index (χ2v) is 11.9. The molecule has 0 N–H and O–H groups in total. The third-order valence-electron chi connectivity index (χ3n) is 7.82. The molecule has 0 amide bonds. The fraction of sp³-hybridized carbons (Fsp3) is 0.618. The van der Waals surface area contributed by atoms with Gasteiger partial charge in [-0.05, 0) is 61.8 Å². The Morgan fingerprint density at radius 2 is 1.28 bits per heavy atom. The number of para-hydroxylation sites is 2. The maximum Gasteiger partial charge on any atom is 0.130 e. The van der Waals surface area contributed by atoms with E-state index < -0.39 is 0 Å². The average Bonchev–Trinajstić information content (AvgIpc) is 3.25. The van der Waals surface area contributed by atoms with E-state index in [9.17, 15) is 0 Å². The maximum absolute atomic E-state index is 6.11. The third kappa shape index (κ3) is 11.1. The molecule has 1 heterocycles. The number of aryl methyl sites for hydroxylation is 1. The minimum atomic E-state index is 0.485. The van der Waals surface area contributed by atoms with E-state index >= 15 is 0 Å². The van der Waals surface area contributed by atoms with Crippen LogP contribution in [0.5, 0.6) is 11.5 Å². The summed E-state index contributed by atoms with van der Waals surface area (Å²) >= 11 is 0. The normalized spacial score (nSPS) is 16.3. The van der Waals surface area contributed by atoms with Gasteiger partial charge in [-0.1, -0.05) is 121 Å². The summed E-state index contributed by atoms with van der Waals surface area (Å²) in [7, 11) is 0. The largest absolute Gasteiger partial charge is 0.457 e. The molecule has 1 fully saturated rings. The molecule has 2 aromatic carbocycles. The predicted octanol–water partition coefficient (Wildman–Crippen LogP) is 10.4. The Morgan fingerprint density at radius 3 is 1.89 bits per heavy atom. The van der Waals surface area contributed by atoms with Gasteiger partial charge >= 0.3 is 0 Å². The molecule has 2 aromatic rings. The highest BCUT2D eigenvalue weighted by molar-refractivity contribution is 5.37. The topological polar surface area (TPSA) is 12.5 Å². The number of unbranched alkanes of at least 4 members (excludes halogenated alkanes) is 11. The lowest BCUT2D eigenvalue weighted by Gasteiger charge is -2.25. The molecule has 0 aromatic heterocycles. The fourth-order valence-corrected chi connectivity index (χ4v) is 5.44. The zero-order valence-electron chi connectivity index (χ0n) is 23.5. The van der Waals surface area contributed by atoms with Crippen LogP contribution in [0.3, 0.4) is 0 Å². The van der Waals surface area contributed by atoms with Crippen LogP contribution >= 0.6 is 0 Å². The summed E-state index contributed by atoms with van der Waals surface area (Å²) in [4.78, 5) is 2.60. The molecule has 2 nitrogen and oxygen atoms in total. The van der Waals surface area contributed by atoms with E-state index in [0.717, 1.165) is 24.0 Å². The summed E-state index contributed by atoms with van der Waals surface area (Å²) < 4.78 is 6.11. The molecule has 2 heteroatoms. The molecular weight excluding hydrogens is 438 g/mol. The van der Waals surface area contributed by atoms with Crippen molar-refractivity contribution in [2.24, 2.45) is 5.41 Å². The van der Waals surface area contributed by atoms with Gasteiger partial charge < -0.3 is 4.74 Å². The van der Waals surface area contributed by atoms with Crippen molar-refractivity contribution in [2.45, 2.75) is 123 Å². The van der Waals surface area contributed by atoms with Crippen molar-refractivity contribution in [1.82, 2.24) is 4.90 Å². The van der Waals surface area contributed by atoms with Crippen LogP contribution in [0.4, 0.5) is 0 Å². The highest BCUT2D eigenvalue weighted by Crippen LogP contribution is 2.33. The van der Waals surface area contributed by atoms with Crippen molar-refractivity contribution < 1.29 is 4.74 Å². The average molecular weight is 491 g/mol. The minimum Gasteiger partial charge on any atom is -0.457 e. The number of likely N-dealkylation sites (tertiary alicyclic amines) is 1. The van der Waals surface area contributed by atoms with Crippen molar-refractivity contribution in [1.29, 1.82) is 0 Å². The number of hydrogen-bond acceptors (Lipinski definition) is 2. The molecule has 1 aliphatic rings. The Kier molecular flexibility index (Phi) is 12.9. The molecule has 0 bridgehead atoms. The van der Waals surface area contributed by atoms with Gasteiger partial charge in [0.1, 0.15) is 11.5 Å². The first kappa shape index (κ1) is 28.8. The van der Waals surface area contributed by atoms with Gasteiger partial charge in [0.15, 0.2) is 0 Å². The standard InChI is InChI=1S/C34H52NO/c1-30(35-28-27-34(2,3)29-35)21-15-12-10-8-6-4-5-7-9-11-13-16-22-31-23-19-20-26-33(31)36-32-24-17-14-18-25-32/h14,17-20,23-26,28,30H,4-13,15-16,21-22,27,29H2,1-3H3. The molecule has 1 radical (unpaired) electrons. The highest BCUT2D eigenvalue weighted by Gasteiger charge is 2.31. The zero-order valence-corrected chi connectivity index (χ0v) is 23.5. The van der Waals surface area contributed by atoms with Crippen molar-refractivity contribution in [3.8, 4) is 11.5 Å². The van der Waals surface area contributed by atoms with E-state index in [1.165, 1.54) is 102 Å². The molecule has 0 spiro atoms. The highest BCUT2D eigenvalue weighted by atomic mass is 16.5. The third-order valence-corrected chi connectivity index (χ3v) is 7.82. The second-order valence-electron chi connectivity index (χ2n) is 11.9. The van der Waals surface area contributed by atoms with Crippen LogP contribution in [0.25, 0.3) is 0 Å². The number of rotatable bonds is 18. The predicted molar refractivity (Wildman–Crippen MR) is 156 cm³/mol. The van der Waals surface area contributed by atoms with E-state index in [1.54, 1.807) is 0 Å². The minimum absolute atomic E-state index is 0.485. The van der Waals surface area contributed by atoms with Gasteiger partial charge in [-0.25, -0.2) is 0 Å². The van der Waals surface area contributed by atoms with Crippen LogP contribution in [0.2, 0.25) is 0 Å². The van der Waals surface area contributed by atoms with Crippen LogP contribution in [0.15, 0.2) is 54.6 Å². The molecule has 1 saturated heterocycles. The Balaban J connectivity index is 1.11. The van der Waals surface area contributed by atoms with Crippen molar-refractivity contribution >= 4 is 0 Å². The number of benzene rings is 2. The summed E-state index contributed by atoms with van der Waals surface area (Å²) in [6.45, 7) is 10.9. The first-order valence-electron chi connectivity index (χ1n) is 14.9. The van der Waals surface area contributed by atoms with E-state index in [0.29, 0.717) is 5.41 Å². The first-order valence-corrected chi connectivity index (χ1v) is 14.9. The van der Waals surface area contributed by atoms with Gasteiger partial charge in [-0.2, -0.15) is 0 Å². The van der Waals surface area contributed by atoms with Gasteiger partial charge in [0, 0.05) is 19.1 Å². The monoisotopic (exact) mass is 490 g/mol. The fourth-order valence-electron chi connectivity index (χ4n) is 5.44. The van der Waals surface area contributed by atoms with E-state index in [1.807, 2.05) is 30.3 Å². The van der Waals surface area contributed by atoms with Gasteiger partial charge in [0.25, 0.3) is 0 Å². The number of hydrogen-bond donors (Lipinski definition) is 0. The molecule has 3 rings (SSSR count). The van der Waals surface area contributed by atoms with E-state index in [2.05, 4.69) is 56.5 Å². The van der Waals surface area contributed by atoms with Crippen LogP contribution < -0.4 is 4.74 Å². The Bertz CT molecular complexity index is 830. The molecular formula is C34H52NO. The lowest BCUT2D eigenvalue weighted by atomic mass is 9.93. The maximum atomic E-state index is 6.11. The summed E-state index contributed by atoms with van der Waals surface area (Å²) in [5.74, 6) is 1.92.